The quantitative estimate of drug-likeness (QED) is 0.519. The summed E-state index contributed by atoms with van der Waals surface area (Å²) in [6.07, 6.45) is 9.58. The first-order chi connectivity index (χ1) is 13.0. The molecule has 2 rings (SSSR count). The van der Waals surface area contributed by atoms with Crippen LogP contribution < -0.4 is 0 Å². The Balaban J connectivity index is 2.08. The van der Waals surface area contributed by atoms with Crippen molar-refractivity contribution >= 4 is 0 Å². The molecule has 0 saturated heterocycles. The Bertz CT molecular complexity index is 658. The Morgan fingerprint density at radius 3 is 1.44 bits per heavy atom. The first-order valence-corrected chi connectivity index (χ1v) is 10.5. The van der Waals surface area contributed by atoms with Crippen molar-refractivity contribution in [2.75, 3.05) is 0 Å². The third kappa shape index (κ3) is 5.50. The molecule has 152 valence electrons. The molecule has 27 heavy (non-hydrogen) atoms. The predicted molar refractivity (Wildman–Crippen MR) is 108 cm³/mol. The average molecular weight is 377 g/mol. The van der Waals surface area contributed by atoms with Crippen LogP contribution in [0, 0.1) is 13.8 Å². The average Bonchev–Trinajstić information content (AvgIpc) is 3.06. The van der Waals surface area contributed by atoms with Crippen LogP contribution in [0.3, 0.4) is 0 Å². The summed E-state index contributed by atoms with van der Waals surface area (Å²) in [6, 6.07) is 0. The molecule has 0 bridgehead atoms. The molecule has 0 atom stereocenters. The fourth-order valence-electron chi connectivity index (χ4n) is 3.49. The molecule has 2 aromatic rings. The van der Waals surface area contributed by atoms with E-state index in [1.165, 1.54) is 25.7 Å². The zero-order valence-corrected chi connectivity index (χ0v) is 17.5. The summed E-state index contributed by atoms with van der Waals surface area (Å²) < 4.78 is 3.39. The summed E-state index contributed by atoms with van der Waals surface area (Å²) in [7, 11) is 0. The van der Waals surface area contributed by atoms with Crippen molar-refractivity contribution in [3.05, 3.63) is 22.5 Å². The zero-order valence-electron chi connectivity index (χ0n) is 17.5. The Morgan fingerprint density at radius 1 is 0.667 bits per heavy atom. The van der Waals surface area contributed by atoms with Gasteiger partial charge in [-0.25, -0.2) is 9.36 Å². The Labute approximate surface area is 163 Å². The monoisotopic (exact) mass is 376 g/mol. The predicted octanol–water partition coefficient (Wildman–Crippen LogP) is 4.86. The SMILES string of the molecule is CCCCCCn1nc(C)c(Cc2c(C)nn(CCCCCC)c2O)c1O. The Kier molecular flexibility index (Phi) is 8.20. The van der Waals surface area contributed by atoms with Crippen molar-refractivity contribution in [1.29, 1.82) is 0 Å². The Morgan fingerprint density at radius 2 is 1.07 bits per heavy atom. The van der Waals surface area contributed by atoms with E-state index >= 15 is 0 Å². The second-order valence-electron chi connectivity index (χ2n) is 7.52. The molecule has 0 unspecified atom stereocenters. The van der Waals surface area contributed by atoms with Crippen molar-refractivity contribution in [3.8, 4) is 11.8 Å². The topological polar surface area (TPSA) is 76.1 Å². The number of unbranched alkanes of at least 4 members (excludes halogenated alkanes) is 6. The van der Waals surface area contributed by atoms with Crippen molar-refractivity contribution in [2.45, 2.75) is 98.6 Å². The number of hydrogen-bond acceptors (Lipinski definition) is 4. The number of rotatable bonds is 12. The normalized spacial score (nSPS) is 11.4. The molecular formula is C21H36N4O2. The smallest absolute Gasteiger partial charge is 0.213 e. The van der Waals surface area contributed by atoms with Crippen LogP contribution in [-0.4, -0.2) is 29.8 Å². The van der Waals surface area contributed by atoms with Crippen LogP contribution in [0.15, 0.2) is 0 Å². The standard InChI is InChI=1S/C21H36N4O2/c1-5-7-9-11-13-24-20(26)18(16(3)22-24)15-19-17(4)23-25(21(19)27)14-12-10-8-6-2/h26-27H,5-15H2,1-4H3. The van der Waals surface area contributed by atoms with Gasteiger partial charge in [0.05, 0.1) is 11.4 Å². The molecule has 0 aliphatic heterocycles. The zero-order chi connectivity index (χ0) is 19.8. The number of nitrogens with zero attached hydrogens (tertiary/aromatic N) is 4. The van der Waals surface area contributed by atoms with Crippen molar-refractivity contribution in [1.82, 2.24) is 19.6 Å². The summed E-state index contributed by atoms with van der Waals surface area (Å²) in [4.78, 5) is 0. The van der Waals surface area contributed by atoms with E-state index in [-0.39, 0.29) is 11.8 Å². The lowest BCUT2D eigenvalue weighted by atomic mass is 10.1. The molecule has 0 aliphatic carbocycles. The summed E-state index contributed by atoms with van der Waals surface area (Å²) in [5.74, 6) is 0.442. The molecular weight excluding hydrogens is 340 g/mol. The maximum atomic E-state index is 10.6. The van der Waals surface area contributed by atoms with Gasteiger partial charge >= 0.3 is 0 Å². The van der Waals surface area contributed by atoms with Gasteiger partial charge in [0.15, 0.2) is 0 Å². The van der Waals surface area contributed by atoms with Crippen LogP contribution >= 0.6 is 0 Å². The van der Waals surface area contributed by atoms with E-state index in [0.717, 1.165) is 61.3 Å². The van der Waals surface area contributed by atoms with Crippen LogP contribution in [0.25, 0.3) is 0 Å². The maximum Gasteiger partial charge on any atom is 0.213 e. The van der Waals surface area contributed by atoms with Gasteiger partial charge in [-0.3, -0.25) is 0 Å². The van der Waals surface area contributed by atoms with E-state index < -0.39 is 0 Å². The fraction of sp³-hybridized carbons (Fsp3) is 0.714. The second-order valence-corrected chi connectivity index (χ2v) is 7.52. The van der Waals surface area contributed by atoms with Gasteiger partial charge in [0, 0.05) is 30.6 Å². The molecule has 0 radical (unpaired) electrons. The van der Waals surface area contributed by atoms with Gasteiger partial charge in [-0.15, -0.1) is 0 Å². The molecule has 2 heterocycles. The number of aryl methyl sites for hydroxylation is 4. The van der Waals surface area contributed by atoms with Crippen LogP contribution in [0.5, 0.6) is 11.8 Å². The minimum Gasteiger partial charge on any atom is -0.493 e. The summed E-state index contributed by atoms with van der Waals surface area (Å²) in [5, 5.41) is 30.2. The first-order valence-electron chi connectivity index (χ1n) is 10.5. The van der Waals surface area contributed by atoms with Crippen molar-refractivity contribution in [2.24, 2.45) is 0 Å². The summed E-state index contributed by atoms with van der Waals surface area (Å²) in [6.45, 7) is 9.67. The van der Waals surface area contributed by atoms with Gasteiger partial charge < -0.3 is 10.2 Å². The molecule has 0 fully saturated rings. The van der Waals surface area contributed by atoms with Crippen LogP contribution in [-0.2, 0) is 19.5 Å². The maximum absolute atomic E-state index is 10.6. The van der Waals surface area contributed by atoms with E-state index in [2.05, 4.69) is 24.0 Å². The van der Waals surface area contributed by atoms with Crippen LogP contribution in [0.1, 0.15) is 87.7 Å². The van der Waals surface area contributed by atoms with Crippen molar-refractivity contribution < 1.29 is 10.2 Å². The highest BCUT2D eigenvalue weighted by atomic mass is 16.3. The van der Waals surface area contributed by atoms with E-state index in [9.17, 15) is 10.2 Å². The molecule has 0 aromatic carbocycles. The van der Waals surface area contributed by atoms with Gasteiger partial charge in [0.2, 0.25) is 11.8 Å². The largest absolute Gasteiger partial charge is 0.493 e. The van der Waals surface area contributed by atoms with E-state index in [4.69, 9.17) is 0 Å². The Hall–Kier alpha value is -1.98. The minimum atomic E-state index is 0.221. The molecule has 0 aliphatic rings. The lowest BCUT2D eigenvalue weighted by Gasteiger charge is -2.05. The minimum absolute atomic E-state index is 0.221. The fourth-order valence-corrected chi connectivity index (χ4v) is 3.49. The molecule has 0 saturated carbocycles. The highest BCUT2D eigenvalue weighted by molar-refractivity contribution is 5.40. The molecule has 2 N–H and O–H groups in total. The molecule has 6 nitrogen and oxygen atoms in total. The van der Waals surface area contributed by atoms with Crippen LogP contribution in [0.2, 0.25) is 0 Å². The van der Waals surface area contributed by atoms with Gasteiger partial charge in [0.1, 0.15) is 0 Å². The lowest BCUT2D eigenvalue weighted by Crippen LogP contribution is -2.00. The molecule has 2 aromatic heterocycles. The number of hydrogen-bond donors (Lipinski definition) is 2. The third-order valence-corrected chi connectivity index (χ3v) is 5.24. The highest BCUT2D eigenvalue weighted by Crippen LogP contribution is 2.30. The molecule has 6 heteroatoms. The summed E-state index contributed by atoms with van der Waals surface area (Å²) in [5.41, 5.74) is 3.21. The number of aromatic nitrogens is 4. The van der Waals surface area contributed by atoms with E-state index in [0.29, 0.717) is 6.42 Å². The van der Waals surface area contributed by atoms with E-state index in [1.807, 2.05) is 13.8 Å². The first kappa shape index (κ1) is 21.3. The highest BCUT2D eigenvalue weighted by Gasteiger charge is 2.20. The third-order valence-electron chi connectivity index (χ3n) is 5.24. The summed E-state index contributed by atoms with van der Waals surface area (Å²) >= 11 is 0. The van der Waals surface area contributed by atoms with Crippen molar-refractivity contribution in [3.63, 3.8) is 0 Å². The van der Waals surface area contributed by atoms with Gasteiger partial charge in [0.25, 0.3) is 0 Å². The van der Waals surface area contributed by atoms with Gasteiger partial charge in [-0.1, -0.05) is 52.4 Å². The van der Waals surface area contributed by atoms with Gasteiger partial charge in [-0.2, -0.15) is 10.2 Å². The number of aromatic hydroxyl groups is 2. The lowest BCUT2D eigenvalue weighted by molar-refractivity contribution is 0.383. The van der Waals surface area contributed by atoms with Gasteiger partial charge in [-0.05, 0) is 26.7 Å². The second kappa shape index (κ2) is 10.4. The molecule has 0 amide bonds. The van der Waals surface area contributed by atoms with E-state index in [1.54, 1.807) is 9.36 Å². The molecule has 0 spiro atoms. The van der Waals surface area contributed by atoms with Crippen LogP contribution in [0.4, 0.5) is 0 Å².